The van der Waals surface area contributed by atoms with Crippen LogP contribution in [0.25, 0.3) is 0 Å². The van der Waals surface area contributed by atoms with Crippen LogP contribution in [0, 0.1) is 40.9 Å². The van der Waals surface area contributed by atoms with Crippen molar-refractivity contribution in [2.45, 2.75) is 86.0 Å². The van der Waals surface area contributed by atoms with Crippen molar-refractivity contribution < 1.29 is 19.8 Å². The lowest BCUT2D eigenvalue weighted by atomic mass is 9.34. The molecule has 0 aliphatic heterocycles. The minimum atomic E-state index is -0.358. The summed E-state index contributed by atoms with van der Waals surface area (Å²) in [5, 5.41) is 20.8. The topological polar surface area (TPSA) is 74.6 Å². The molecule has 4 nitrogen and oxygen atoms in total. The normalized spacial score (nSPS) is 44.3. The maximum atomic E-state index is 13.5. The largest absolute Gasteiger partial charge is 0.504 e. The van der Waals surface area contributed by atoms with Gasteiger partial charge in [-0.05, 0) is 84.5 Å². The van der Waals surface area contributed by atoms with Crippen molar-refractivity contribution >= 4 is 11.6 Å². The third-order valence-electron chi connectivity index (χ3n) is 11.5. The van der Waals surface area contributed by atoms with Crippen molar-refractivity contribution in [2.24, 2.45) is 34.0 Å². The Morgan fingerprint density at radius 1 is 0.970 bits per heavy atom. The second kappa shape index (κ2) is 6.52. The minimum absolute atomic E-state index is 0.0105. The molecule has 0 unspecified atom stereocenters. The summed E-state index contributed by atoms with van der Waals surface area (Å²) in [6.07, 6.45) is 6.63. The quantitative estimate of drug-likeness (QED) is 0.458. The molecular weight excluding hydrogens is 412 g/mol. The number of ketones is 2. The van der Waals surface area contributed by atoms with E-state index < -0.39 is 0 Å². The summed E-state index contributed by atoms with van der Waals surface area (Å²) in [5.74, 6) is 0.561. The van der Waals surface area contributed by atoms with Gasteiger partial charge in [0, 0.05) is 28.4 Å². The van der Waals surface area contributed by atoms with Crippen molar-refractivity contribution in [3.8, 4) is 11.5 Å². The first-order valence-electron chi connectivity index (χ1n) is 12.6. The summed E-state index contributed by atoms with van der Waals surface area (Å²) < 4.78 is 0. The fourth-order valence-electron chi connectivity index (χ4n) is 8.85. The van der Waals surface area contributed by atoms with E-state index in [0.717, 1.165) is 37.7 Å². The van der Waals surface area contributed by atoms with Crippen LogP contribution in [0.3, 0.4) is 0 Å². The van der Waals surface area contributed by atoms with E-state index in [1.165, 1.54) is 5.57 Å². The Balaban J connectivity index is 1.69. The molecule has 0 saturated heterocycles. The number of benzene rings is 1. The van der Waals surface area contributed by atoms with Gasteiger partial charge in [-0.3, -0.25) is 9.59 Å². The molecule has 0 spiro atoms. The Kier molecular flexibility index (Phi) is 4.48. The molecule has 33 heavy (non-hydrogen) atoms. The summed E-state index contributed by atoms with van der Waals surface area (Å²) in [6, 6.07) is 1.63. The molecule has 0 bridgehead atoms. The van der Waals surface area contributed by atoms with E-state index in [1.807, 2.05) is 6.08 Å². The minimum Gasteiger partial charge on any atom is -0.504 e. The highest BCUT2D eigenvalue weighted by Crippen LogP contribution is 2.74. The van der Waals surface area contributed by atoms with Gasteiger partial charge in [-0.25, -0.2) is 0 Å². The molecule has 0 heterocycles. The molecule has 4 heteroatoms. The van der Waals surface area contributed by atoms with E-state index in [-0.39, 0.29) is 50.8 Å². The van der Waals surface area contributed by atoms with Crippen LogP contribution >= 0.6 is 0 Å². The van der Waals surface area contributed by atoms with Gasteiger partial charge < -0.3 is 10.2 Å². The number of phenolic OH excluding ortho intramolecular Hbond substituents is 2. The van der Waals surface area contributed by atoms with Gasteiger partial charge in [-0.1, -0.05) is 41.5 Å². The molecule has 7 atom stereocenters. The summed E-state index contributed by atoms with van der Waals surface area (Å²) in [4.78, 5) is 26.4. The molecule has 0 amide bonds. The monoisotopic (exact) mass is 450 g/mol. The summed E-state index contributed by atoms with van der Waals surface area (Å²) in [7, 11) is 0. The molecule has 1 aromatic carbocycles. The van der Waals surface area contributed by atoms with Crippen LogP contribution in [-0.4, -0.2) is 21.8 Å². The van der Waals surface area contributed by atoms with Gasteiger partial charge in [0.05, 0.1) is 0 Å². The maximum Gasteiger partial charge on any atom is 0.186 e. The number of carbonyl (C=O) groups is 2. The molecule has 3 saturated carbocycles. The molecule has 178 valence electrons. The molecular formula is C29H38O4. The van der Waals surface area contributed by atoms with Crippen molar-refractivity contribution in [3.63, 3.8) is 0 Å². The van der Waals surface area contributed by atoms with E-state index in [9.17, 15) is 19.8 Å². The molecule has 1 aromatic rings. The molecule has 0 radical (unpaired) electrons. The van der Waals surface area contributed by atoms with E-state index in [2.05, 4.69) is 41.5 Å². The third-order valence-corrected chi connectivity index (χ3v) is 11.5. The molecule has 4 aliphatic carbocycles. The number of phenols is 2. The molecule has 0 aromatic heterocycles. The van der Waals surface area contributed by atoms with Gasteiger partial charge in [0.25, 0.3) is 0 Å². The molecule has 2 N–H and O–H groups in total. The van der Waals surface area contributed by atoms with Gasteiger partial charge in [0.1, 0.15) is 5.78 Å². The third kappa shape index (κ3) is 2.48. The number of aromatic hydroxyl groups is 2. The van der Waals surface area contributed by atoms with Crippen LogP contribution in [0.5, 0.6) is 11.5 Å². The zero-order valence-electron chi connectivity index (χ0n) is 21.1. The van der Waals surface area contributed by atoms with Crippen molar-refractivity contribution in [3.05, 3.63) is 34.4 Å². The highest BCUT2D eigenvalue weighted by molar-refractivity contribution is 6.10. The Bertz CT molecular complexity index is 1130. The van der Waals surface area contributed by atoms with Gasteiger partial charge in [0.2, 0.25) is 0 Å². The van der Waals surface area contributed by atoms with E-state index >= 15 is 0 Å². The fourth-order valence-corrected chi connectivity index (χ4v) is 8.85. The standard InChI is InChI=1S/C29H38O4/c1-15-12-21-26(4,17(3)24(15)32)8-10-29(7)22-14-19(30)23-16(2)25(33)20(31)13-18(23)27(22,5)9-11-28(21,29)6/h13-15,17,21,31,33H,8-12H2,1-7H3/t15-,17-,21-,26+,27+,28+,29-/m1/s1. The van der Waals surface area contributed by atoms with Gasteiger partial charge in [-0.2, -0.15) is 0 Å². The number of allylic oxidation sites excluding steroid dienone is 2. The predicted molar refractivity (Wildman–Crippen MR) is 129 cm³/mol. The lowest BCUT2D eigenvalue weighted by Crippen LogP contribution is -2.64. The summed E-state index contributed by atoms with van der Waals surface area (Å²) in [6.45, 7) is 15.3. The van der Waals surface area contributed by atoms with Crippen LogP contribution in [0.1, 0.15) is 95.1 Å². The SMILES string of the molecule is Cc1c(O)c(O)cc2c1C(=O)C=C1[C@@]2(C)CC[C@@]2(C)[C@@H]3C[C@@H](C)C(=O)[C@@H](C)[C@]3(C)CC[C@]12C. The number of hydrogen-bond donors (Lipinski definition) is 2. The van der Waals surface area contributed by atoms with Gasteiger partial charge in [0.15, 0.2) is 17.3 Å². The Morgan fingerprint density at radius 3 is 2.30 bits per heavy atom. The zero-order valence-corrected chi connectivity index (χ0v) is 21.1. The van der Waals surface area contributed by atoms with Gasteiger partial charge in [-0.15, -0.1) is 0 Å². The maximum absolute atomic E-state index is 13.5. The van der Waals surface area contributed by atoms with Crippen molar-refractivity contribution in [1.29, 1.82) is 0 Å². The first-order chi connectivity index (χ1) is 15.2. The van der Waals surface area contributed by atoms with Crippen LogP contribution in [-0.2, 0) is 10.2 Å². The average molecular weight is 451 g/mol. The second-order valence-electron chi connectivity index (χ2n) is 12.6. The lowest BCUT2D eigenvalue weighted by molar-refractivity contribution is -0.174. The Labute approximate surface area is 197 Å². The average Bonchev–Trinajstić information content (AvgIpc) is 2.76. The predicted octanol–water partition coefficient (Wildman–Crippen LogP) is 6.25. The van der Waals surface area contributed by atoms with E-state index in [1.54, 1.807) is 13.0 Å². The first kappa shape index (κ1) is 22.7. The fraction of sp³-hybridized carbons (Fsp3) is 0.655. The Hall–Kier alpha value is -2.10. The summed E-state index contributed by atoms with van der Waals surface area (Å²) >= 11 is 0. The highest BCUT2D eigenvalue weighted by atomic mass is 16.3. The van der Waals surface area contributed by atoms with Crippen molar-refractivity contribution in [1.82, 2.24) is 0 Å². The van der Waals surface area contributed by atoms with Gasteiger partial charge >= 0.3 is 0 Å². The van der Waals surface area contributed by atoms with E-state index in [0.29, 0.717) is 22.8 Å². The first-order valence-corrected chi connectivity index (χ1v) is 12.6. The number of fused-ring (bicyclic) bond motifs is 7. The zero-order chi connectivity index (χ0) is 24.3. The number of rotatable bonds is 0. The lowest BCUT2D eigenvalue weighted by Gasteiger charge is -2.69. The number of Topliss-reactive ketones (excluding diaryl/α,β-unsaturated/α-hetero) is 1. The second-order valence-corrected chi connectivity index (χ2v) is 12.6. The summed E-state index contributed by atoms with van der Waals surface area (Å²) in [5.41, 5.74) is 2.51. The van der Waals surface area contributed by atoms with Crippen LogP contribution in [0.15, 0.2) is 17.7 Å². The number of hydrogen-bond acceptors (Lipinski definition) is 4. The smallest absolute Gasteiger partial charge is 0.186 e. The van der Waals surface area contributed by atoms with Crippen molar-refractivity contribution in [2.75, 3.05) is 0 Å². The molecule has 5 rings (SSSR count). The van der Waals surface area contributed by atoms with Crippen LogP contribution in [0.2, 0.25) is 0 Å². The molecule has 4 aliphatic rings. The van der Waals surface area contributed by atoms with Crippen LogP contribution < -0.4 is 0 Å². The van der Waals surface area contributed by atoms with E-state index in [4.69, 9.17) is 0 Å². The molecule has 3 fully saturated rings. The number of carbonyl (C=O) groups excluding carboxylic acids is 2. The highest BCUT2D eigenvalue weighted by Gasteiger charge is 2.67. The Morgan fingerprint density at radius 2 is 1.64 bits per heavy atom. The van der Waals surface area contributed by atoms with Crippen LogP contribution in [0.4, 0.5) is 0 Å².